The van der Waals surface area contributed by atoms with Gasteiger partial charge in [-0.05, 0) is 36.8 Å². The van der Waals surface area contributed by atoms with Crippen LogP contribution in [0.15, 0.2) is 60.7 Å². The van der Waals surface area contributed by atoms with Gasteiger partial charge in [0.2, 0.25) is 11.8 Å². The molecule has 246 valence electrons. The van der Waals surface area contributed by atoms with Crippen molar-refractivity contribution in [2.75, 3.05) is 0 Å². The molecule has 2 amide bonds. The predicted molar refractivity (Wildman–Crippen MR) is 163 cm³/mol. The number of carbonyl (C=O) groups excluding carboxylic acids is 5. The van der Waals surface area contributed by atoms with E-state index in [1.54, 1.807) is 44.2 Å². The molecule has 5 atom stereocenters. The average Bonchev–Trinajstić information content (AvgIpc) is 2.97. The maximum Gasteiger partial charge on any atom is 0.416 e. The van der Waals surface area contributed by atoms with E-state index in [9.17, 15) is 42.3 Å². The van der Waals surface area contributed by atoms with Crippen molar-refractivity contribution in [3.05, 3.63) is 71.8 Å². The number of aliphatic hydroxyl groups excluding tert-OH is 1. The van der Waals surface area contributed by atoms with Gasteiger partial charge in [0.05, 0.1) is 12.1 Å². The number of aliphatic hydroxyl groups is 1. The summed E-state index contributed by atoms with van der Waals surface area (Å²) in [5.41, 5.74) is 1.55. The average molecular weight is 633 g/mol. The van der Waals surface area contributed by atoms with Crippen molar-refractivity contribution in [2.24, 2.45) is 17.8 Å². The Morgan fingerprint density at radius 3 is 1.87 bits per heavy atom. The molecule has 0 radical (unpaired) electrons. The van der Waals surface area contributed by atoms with Crippen LogP contribution in [-0.4, -0.2) is 58.6 Å². The fraction of sp³-hybridized carbons (Fsp3) is 0.500. The highest BCUT2D eigenvalue weighted by molar-refractivity contribution is 5.94. The summed E-state index contributed by atoms with van der Waals surface area (Å²) in [6.45, 7) is 6.15. The molecule has 0 aliphatic rings. The maximum absolute atomic E-state index is 13.5. The van der Waals surface area contributed by atoms with Crippen LogP contribution in [0, 0.1) is 17.8 Å². The minimum absolute atomic E-state index is 0.0351. The molecule has 11 heteroatoms. The molecule has 0 aliphatic carbocycles. The number of amides is 2. The lowest BCUT2D eigenvalue weighted by Gasteiger charge is -2.27. The first-order chi connectivity index (χ1) is 21.1. The summed E-state index contributed by atoms with van der Waals surface area (Å²) in [5.74, 6) is -4.52. The molecule has 3 N–H and O–H groups in total. The van der Waals surface area contributed by atoms with Crippen LogP contribution in [0.3, 0.4) is 0 Å². The zero-order valence-electron chi connectivity index (χ0n) is 26.1. The zero-order chi connectivity index (χ0) is 33.7. The fourth-order valence-corrected chi connectivity index (χ4v) is 4.90. The molecule has 0 aliphatic heterocycles. The molecule has 0 saturated heterocycles. The van der Waals surface area contributed by atoms with Gasteiger partial charge in [-0.1, -0.05) is 81.4 Å². The van der Waals surface area contributed by atoms with Crippen LogP contribution in [0.25, 0.3) is 0 Å². The Hall–Kier alpha value is -3.86. The Morgan fingerprint density at radius 2 is 1.36 bits per heavy atom. The Labute approximate surface area is 262 Å². The number of halogens is 3. The van der Waals surface area contributed by atoms with Crippen LogP contribution in [0.2, 0.25) is 0 Å². The molecule has 0 heterocycles. The van der Waals surface area contributed by atoms with Gasteiger partial charge >= 0.3 is 6.18 Å². The summed E-state index contributed by atoms with van der Waals surface area (Å²) in [5, 5.41) is 14.7. The summed E-state index contributed by atoms with van der Waals surface area (Å²) >= 11 is 0. The van der Waals surface area contributed by atoms with Crippen molar-refractivity contribution in [1.82, 2.24) is 10.6 Å². The molecule has 2 rings (SSSR count). The van der Waals surface area contributed by atoms with E-state index in [-0.39, 0.29) is 37.4 Å². The lowest BCUT2D eigenvalue weighted by molar-refractivity contribution is -0.213. The molecule has 0 fully saturated rings. The highest BCUT2D eigenvalue weighted by atomic mass is 19.4. The van der Waals surface area contributed by atoms with Gasteiger partial charge in [-0.2, -0.15) is 13.2 Å². The first-order valence-corrected chi connectivity index (χ1v) is 15.1. The maximum atomic E-state index is 13.5. The second-order valence-corrected chi connectivity index (χ2v) is 11.9. The molecule has 0 aromatic heterocycles. The Balaban J connectivity index is 2.18. The van der Waals surface area contributed by atoms with Gasteiger partial charge in [-0.3, -0.25) is 19.2 Å². The van der Waals surface area contributed by atoms with Crippen molar-refractivity contribution in [1.29, 1.82) is 0 Å². The summed E-state index contributed by atoms with van der Waals surface area (Å²) in [6.07, 6.45) is -8.85. The van der Waals surface area contributed by atoms with Crippen LogP contribution >= 0.6 is 0 Å². The van der Waals surface area contributed by atoms with E-state index in [4.69, 9.17) is 0 Å². The largest absolute Gasteiger partial charge is 0.416 e. The van der Waals surface area contributed by atoms with Crippen LogP contribution in [-0.2, 0) is 36.8 Å². The molecule has 0 bridgehead atoms. The van der Waals surface area contributed by atoms with Gasteiger partial charge in [0, 0.05) is 37.5 Å². The number of Topliss-reactive ketones (excluding diaryl/α,β-unsaturated/α-hetero) is 3. The summed E-state index contributed by atoms with van der Waals surface area (Å²) in [6, 6.07) is 15.1. The highest BCUT2D eigenvalue weighted by Gasteiger charge is 2.44. The topological polar surface area (TPSA) is 130 Å². The number of rotatable bonds is 18. The molecule has 0 spiro atoms. The molecule has 2 aromatic rings. The third-order valence-corrected chi connectivity index (χ3v) is 7.63. The number of carbonyl (C=O) groups is 5. The van der Waals surface area contributed by atoms with Gasteiger partial charge < -0.3 is 20.5 Å². The van der Waals surface area contributed by atoms with Crippen molar-refractivity contribution in [3.63, 3.8) is 0 Å². The Kier molecular flexibility index (Phi) is 14.6. The molecular weight excluding hydrogens is 589 g/mol. The first kappa shape index (κ1) is 37.3. The van der Waals surface area contributed by atoms with E-state index in [0.717, 1.165) is 11.1 Å². The number of hydrogen-bond donors (Lipinski definition) is 3. The minimum Gasteiger partial charge on any atom is -0.382 e. The van der Waals surface area contributed by atoms with E-state index in [0.29, 0.717) is 0 Å². The summed E-state index contributed by atoms with van der Waals surface area (Å²) in [7, 11) is 0. The van der Waals surface area contributed by atoms with Crippen LogP contribution in [0.1, 0.15) is 64.5 Å². The van der Waals surface area contributed by atoms with Crippen molar-refractivity contribution >= 4 is 29.2 Å². The molecule has 45 heavy (non-hydrogen) atoms. The molecule has 2 unspecified atom stereocenters. The van der Waals surface area contributed by atoms with E-state index in [2.05, 4.69) is 10.6 Å². The van der Waals surface area contributed by atoms with Crippen LogP contribution in [0.5, 0.6) is 0 Å². The van der Waals surface area contributed by atoms with Crippen LogP contribution < -0.4 is 10.6 Å². The van der Waals surface area contributed by atoms with Gasteiger partial charge in [0.1, 0.15) is 11.6 Å². The van der Waals surface area contributed by atoms with Crippen molar-refractivity contribution in [2.45, 2.75) is 90.6 Å². The second-order valence-electron chi connectivity index (χ2n) is 11.9. The van der Waals surface area contributed by atoms with Gasteiger partial charge in [0.25, 0.3) is 0 Å². The molecular formula is C34H43F3N2O6. The highest BCUT2D eigenvalue weighted by Crippen LogP contribution is 2.25. The molecule has 2 aromatic carbocycles. The smallest absolute Gasteiger partial charge is 0.382 e. The predicted octanol–water partition coefficient (Wildman–Crippen LogP) is 4.56. The second kappa shape index (κ2) is 17.6. The third-order valence-electron chi connectivity index (χ3n) is 7.63. The Morgan fingerprint density at radius 1 is 0.800 bits per heavy atom. The molecule has 8 nitrogen and oxygen atoms in total. The number of hydrogen-bond acceptors (Lipinski definition) is 6. The van der Waals surface area contributed by atoms with E-state index >= 15 is 0 Å². The van der Waals surface area contributed by atoms with Gasteiger partial charge in [-0.25, -0.2) is 0 Å². The first-order valence-electron chi connectivity index (χ1n) is 15.1. The standard InChI is InChI=1S/C34H43F3N2O6/c1-21(2)27(20-26(41)18-24-11-7-5-8-12-24)33(45)39-29(19-25-13-9-6-10-14-25)30(42)17-22(3)32(44)38-28(16-15-23(4)40)31(43)34(35,36)37/h5-14,21-22,27-29,31,43H,15-20H2,1-4H3,(H,38,44)(H,39,45)/t22-,27+,28?,29+,31?/m1/s1. The minimum atomic E-state index is -5.03. The molecule has 0 saturated carbocycles. The van der Waals surface area contributed by atoms with Crippen molar-refractivity contribution < 1.29 is 42.3 Å². The van der Waals surface area contributed by atoms with E-state index < -0.39 is 72.4 Å². The quantitative estimate of drug-likeness (QED) is 0.221. The van der Waals surface area contributed by atoms with Gasteiger partial charge in [-0.15, -0.1) is 0 Å². The zero-order valence-corrected chi connectivity index (χ0v) is 26.1. The lowest BCUT2D eigenvalue weighted by Crippen LogP contribution is -2.52. The lowest BCUT2D eigenvalue weighted by atomic mass is 9.87. The number of nitrogens with one attached hydrogen (secondary N) is 2. The number of benzene rings is 2. The number of alkyl halides is 3. The number of ketones is 3. The third kappa shape index (κ3) is 13.0. The van der Waals surface area contributed by atoms with Crippen molar-refractivity contribution in [3.8, 4) is 0 Å². The monoisotopic (exact) mass is 632 g/mol. The fourth-order valence-electron chi connectivity index (χ4n) is 4.90. The van der Waals surface area contributed by atoms with Gasteiger partial charge in [0.15, 0.2) is 11.9 Å². The van der Waals surface area contributed by atoms with Crippen LogP contribution in [0.4, 0.5) is 13.2 Å². The van der Waals surface area contributed by atoms with E-state index in [1.165, 1.54) is 13.8 Å². The van der Waals surface area contributed by atoms with E-state index in [1.807, 2.05) is 30.3 Å². The SMILES string of the molecule is CC(=O)CCC(NC(=O)[C@H](C)CC(=O)[C@H](Cc1ccccc1)NC(=O)[C@@H](CC(=O)Cc1ccccc1)C(C)C)C(O)C(F)(F)F. The normalized spacial score (nSPS) is 15.0. The Bertz CT molecular complexity index is 1280. The summed E-state index contributed by atoms with van der Waals surface area (Å²) < 4.78 is 39.7. The summed E-state index contributed by atoms with van der Waals surface area (Å²) in [4.78, 5) is 64.1.